The highest BCUT2D eigenvalue weighted by atomic mass is 79.9. The average Bonchev–Trinajstić information content (AvgIpc) is 2.70. The summed E-state index contributed by atoms with van der Waals surface area (Å²) in [5.74, 6) is 0.737. The first-order valence-electron chi connectivity index (χ1n) is 6.48. The summed E-state index contributed by atoms with van der Waals surface area (Å²) in [4.78, 5) is 10.8. The molecule has 7 heteroatoms. The summed E-state index contributed by atoms with van der Waals surface area (Å²) < 4.78 is 8.27. The largest absolute Gasteiger partial charge is 0.434 e. The second-order valence-corrected chi connectivity index (χ2v) is 5.96. The third kappa shape index (κ3) is 3.07. The highest BCUT2D eigenvalue weighted by Crippen LogP contribution is 2.37. The quantitative estimate of drug-likeness (QED) is 0.597. The summed E-state index contributed by atoms with van der Waals surface area (Å²) in [5.41, 5.74) is 1.14. The Kier molecular flexibility index (Phi) is 4.32. The zero-order valence-corrected chi connectivity index (χ0v) is 13.8. The van der Waals surface area contributed by atoms with E-state index in [1.807, 2.05) is 32.9 Å². The molecule has 0 unspecified atom stereocenters. The van der Waals surface area contributed by atoms with Crippen LogP contribution in [0.3, 0.4) is 0 Å². The monoisotopic (exact) mass is 353 g/mol. The molecule has 0 saturated heterocycles. The van der Waals surface area contributed by atoms with Crippen LogP contribution in [0, 0.1) is 24.0 Å². The first-order valence-corrected chi connectivity index (χ1v) is 7.28. The normalized spacial score (nSPS) is 11.0. The maximum atomic E-state index is 11.3. The summed E-state index contributed by atoms with van der Waals surface area (Å²) in [6.45, 7) is 7.29. The maximum absolute atomic E-state index is 11.3. The lowest BCUT2D eigenvalue weighted by molar-refractivity contribution is -0.386. The third-order valence-electron chi connectivity index (χ3n) is 3.03. The number of rotatable bonds is 4. The van der Waals surface area contributed by atoms with E-state index in [9.17, 15) is 10.1 Å². The highest BCUT2D eigenvalue weighted by molar-refractivity contribution is 9.10. The second-order valence-electron chi connectivity index (χ2n) is 5.05. The molecule has 0 aliphatic carbocycles. The van der Waals surface area contributed by atoms with Gasteiger partial charge in [0, 0.05) is 4.47 Å². The molecule has 0 fully saturated rings. The van der Waals surface area contributed by atoms with E-state index >= 15 is 0 Å². The number of halogens is 1. The molecule has 0 aliphatic heterocycles. The Morgan fingerprint density at radius 1 is 1.38 bits per heavy atom. The molecular formula is C14H16BrN3O3. The van der Waals surface area contributed by atoms with Gasteiger partial charge in [-0.05, 0) is 51.5 Å². The minimum absolute atomic E-state index is 0.0387. The first kappa shape index (κ1) is 15.5. The molecule has 2 aromatic rings. The van der Waals surface area contributed by atoms with E-state index in [0.29, 0.717) is 11.4 Å². The molecule has 0 radical (unpaired) electrons. The molecule has 0 aliphatic rings. The summed E-state index contributed by atoms with van der Waals surface area (Å²) in [7, 11) is 0. The molecule has 2 rings (SSSR count). The van der Waals surface area contributed by atoms with Crippen LogP contribution in [0.4, 0.5) is 5.69 Å². The summed E-state index contributed by atoms with van der Waals surface area (Å²) in [6.07, 6.45) is 0. The molecule has 6 nitrogen and oxygen atoms in total. The topological polar surface area (TPSA) is 70.2 Å². The van der Waals surface area contributed by atoms with Gasteiger partial charge in [-0.2, -0.15) is 5.10 Å². The number of nitro groups is 1. The van der Waals surface area contributed by atoms with Gasteiger partial charge in [-0.25, -0.2) is 4.68 Å². The van der Waals surface area contributed by atoms with Crippen LogP contribution in [-0.2, 0) is 0 Å². The Hall–Kier alpha value is -1.89. The Labute approximate surface area is 131 Å². The number of hydrogen-bond donors (Lipinski definition) is 0. The lowest BCUT2D eigenvalue weighted by Gasteiger charge is -2.12. The summed E-state index contributed by atoms with van der Waals surface area (Å²) in [5, 5.41) is 15.5. The van der Waals surface area contributed by atoms with Gasteiger partial charge in [0.05, 0.1) is 11.0 Å². The molecule has 0 bridgehead atoms. The summed E-state index contributed by atoms with van der Waals surface area (Å²) in [6, 6.07) is 5.46. The minimum atomic E-state index is -0.454. The van der Waals surface area contributed by atoms with E-state index in [4.69, 9.17) is 4.74 Å². The second kappa shape index (κ2) is 5.85. The molecule has 112 valence electrons. The first-order chi connectivity index (χ1) is 9.81. The van der Waals surface area contributed by atoms with Crippen molar-refractivity contribution in [3.63, 3.8) is 0 Å². The van der Waals surface area contributed by atoms with Crippen LogP contribution in [0.1, 0.15) is 31.1 Å². The Bertz CT molecular complexity index is 695. The zero-order chi connectivity index (χ0) is 15.7. The lowest BCUT2D eigenvalue weighted by Crippen LogP contribution is -2.06. The van der Waals surface area contributed by atoms with Crippen molar-refractivity contribution in [2.24, 2.45) is 0 Å². The van der Waals surface area contributed by atoms with Crippen molar-refractivity contribution >= 4 is 21.6 Å². The highest BCUT2D eigenvalue weighted by Gasteiger charge is 2.29. The van der Waals surface area contributed by atoms with Crippen molar-refractivity contribution in [2.45, 2.75) is 33.7 Å². The number of ether oxygens (including phenoxy) is 1. The van der Waals surface area contributed by atoms with Gasteiger partial charge < -0.3 is 4.74 Å². The van der Waals surface area contributed by atoms with Crippen molar-refractivity contribution in [3.8, 4) is 11.6 Å². The van der Waals surface area contributed by atoms with E-state index < -0.39 is 4.92 Å². The Morgan fingerprint density at radius 2 is 2.05 bits per heavy atom. The van der Waals surface area contributed by atoms with Crippen molar-refractivity contribution in [1.29, 1.82) is 0 Å². The molecule has 0 saturated carbocycles. The number of hydrogen-bond acceptors (Lipinski definition) is 4. The van der Waals surface area contributed by atoms with Crippen molar-refractivity contribution in [2.75, 3.05) is 0 Å². The standard InChI is InChI=1S/C14H16BrN3O3/c1-8(2)17-14(13(18(19)20)10(4)16-17)21-12-6-5-11(15)7-9(12)3/h5-8H,1-4H3. The van der Waals surface area contributed by atoms with Gasteiger partial charge in [0.2, 0.25) is 0 Å². The fourth-order valence-electron chi connectivity index (χ4n) is 2.00. The fraction of sp³-hybridized carbons (Fsp3) is 0.357. The average molecular weight is 354 g/mol. The van der Waals surface area contributed by atoms with Crippen molar-refractivity contribution < 1.29 is 9.66 Å². The van der Waals surface area contributed by atoms with Gasteiger partial charge in [-0.15, -0.1) is 0 Å². The van der Waals surface area contributed by atoms with Crippen molar-refractivity contribution in [3.05, 3.63) is 44.0 Å². The maximum Gasteiger partial charge on any atom is 0.353 e. The van der Waals surface area contributed by atoms with Gasteiger partial charge in [0.25, 0.3) is 5.88 Å². The minimum Gasteiger partial charge on any atom is -0.434 e. The zero-order valence-electron chi connectivity index (χ0n) is 12.3. The van der Waals surface area contributed by atoms with Gasteiger partial charge in [-0.1, -0.05) is 15.9 Å². The number of aromatic nitrogens is 2. The Balaban J connectivity index is 2.54. The molecule has 21 heavy (non-hydrogen) atoms. The molecule has 1 aromatic heterocycles. The molecular weight excluding hydrogens is 338 g/mol. The third-order valence-corrected chi connectivity index (χ3v) is 3.52. The van der Waals surface area contributed by atoms with Crippen LogP contribution in [0.15, 0.2) is 22.7 Å². The smallest absolute Gasteiger partial charge is 0.353 e. The van der Waals surface area contributed by atoms with E-state index in [1.54, 1.807) is 13.0 Å². The number of aryl methyl sites for hydroxylation is 2. The van der Waals surface area contributed by atoms with Crippen LogP contribution in [-0.4, -0.2) is 14.7 Å². The predicted octanol–water partition coefficient (Wildman–Crippen LogP) is 4.54. The van der Waals surface area contributed by atoms with Crippen LogP contribution in [0.2, 0.25) is 0 Å². The van der Waals surface area contributed by atoms with Gasteiger partial charge in [-0.3, -0.25) is 10.1 Å². The van der Waals surface area contributed by atoms with Gasteiger partial charge in [0.1, 0.15) is 11.4 Å². The van der Waals surface area contributed by atoms with E-state index in [0.717, 1.165) is 10.0 Å². The van der Waals surface area contributed by atoms with Crippen LogP contribution >= 0.6 is 15.9 Å². The number of nitrogens with zero attached hydrogens (tertiary/aromatic N) is 3. The SMILES string of the molecule is Cc1cc(Br)ccc1Oc1c([N+](=O)[O-])c(C)nn1C(C)C. The lowest BCUT2D eigenvalue weighted by atomic mass is 10.2. The molecule has 0 N–H and O–H groups in total. The molecule has 0 amide bonds. The van der Waals surface area contributed by atoms with E-state index in [-0.39, 0.29) is 17.6 Å². The van der Waals surface area contributed by atoms with Crippen LogP contribution < -0.4 is 4.74 Å². The Morgan fingerprint density at radius 3 is 2.57 bits per heavy atom. The molecule has 1 heterocycles. The fourth-order valence-corrected chi connectivity index (χ4v) is 2.48. The number of benzene rings is 1. The van der Waals surface area contributed by atoms with Gasteiger partial charge >= 0.3 is 5.69 Å². The summed E-state index contributed by atoms with van der Waals surface area (Å²) >= 11 is 3.38. The van der Waals surface area contributed by atoms with Crippen LogP contribution in [0.5, 0.6) is 11.6 Å². The van der Waals surface area contributed by atoms with E-state index in [1.165, 1.54) is 4.68 Å². The molecule has 0 atom stereocenters. The van der Waals surface area contributed by atoms with Crippen molar-refractivity contribution in [1.82, 2.24) is 9.78 Å². The predicted molar refractivity (Wildman–Crippen MR) is 83.0 cm³/mol. The molecule has 0 spiro atoms. The van der Waals surface area contributed by atoms with E-state index in [2.05, 4.69) is 21.0 Å². The molecule has 1 aromatic carbocycles. The van der Waals surface area contributed by atoms with Gasteiger partial charge in [0.15, 0.2) is 0 Å². The van der Waals surface area contributed by atoms with Crippen LogP contribution in [0.25, 0.3) is 0 Å².